The number of carbonyl (C=O) groups is 1. The Morgan fingerprint density at radius 2 is 1.85 bits per heavy atom. The number of halogens is 1. The molecular formula is C15H20FNO3. The number of hydrogen-bond donors (Lipinski definition) is 1. The first-order valence-corrected chi connectivity index (χ1v) is 6.85. The van der Waals surface area contributed by atoms with Crippen LogP contribution in [-0.2, 0) is 4.79 Å². The lowest BCUT2D eigenvalue weighted by atomic mass is 10.0. The number of carbonyl (C=O) groups excluding carboxylic acids is 1. The minimum atomic E-state index is -0.526. The van der Waals surface area contributed by atoms with E-state index in [-0.39, 0.29) is 11.6 Å². The van der Waals surface area contributed by atoms with Crippen molar-refractivity contribution >= 4 is 11.6 Å². The molecule has 0 atom stereocenters. The van der Waals surface area contributed by atoms with Gasteiger partial charge in [0.25, 0.3) is 0 Å². The second-order valence-electron chi connectivity index (χ2n) is 5.09. The molecule has 0 aromatic heterocycles. The summed E-state index contributed by atoms with van der Waals surface area (Å²) in [6, 6.07) is 2.66. The fourth-order valence-electron chi connectivity index (χ4n) is 2.63. The predicted octanol–water partition coefficient (Wildman–Crippen LogP) is 3.36. The first-order valence-electron chi connectivity index (χ1n) is 6.85. The van der Waals surface area contributed by atoms with Gasteiger partial charge in [-0.2, -0.15) is 0 Å². The van der Waals surface area contributed by atoms with Crippen molar-refractivity contribution < 1.29 is 18.7 Å². The molecule has 1 aromatic carbocycles. The molecule has 0 aliphatic heterocycles. The first kappa shape index (κ1) is 14.6. The van der Waals surface area contributed by atoms with E-state index in [1.807, 2.05) is 0 Å². The zero-order valence-electron chi connectivity index (χ0n) is 11.9. The molecule has 0 radical (unpaired) electrons. The summed E-state index contributed by atoms with van der Waals surface area (Å²) >= 11 is 0. The summed E-state index contributed by atoms with van der Waals surface area (Å²) in [5, 5.41) is 2.61. The molecule has 0 bridgehead atoms. The number of methoxy groups -OCH3 is 2. The second kappa shape index (κ2) is 6.59. The Kier molecular flexibility index (Phi) is 4.82. The van der Waals surface area contributed by atoms with Crippen LogP contribution in [0, 0.1) is 11.7 Å². The molecule has 20 heavy (non-hydrogen) atoms. The number of benzene rings is 1. The lowest BCUT2D eigenvalue weighted by Gasteiger charge is -2.13. The molecule has 4 nitrogen and oxygen atoms in total. The van der Waals surface area contributed by atoms with Crippen LogP contribution < -0.4 is 14.8 Å². The van der Waals surface area contributed by atoms with Crippen molar-refractivity contribution in [3.05, 3.63) is 17.9 Å². The third-order valence-corrected chi connectivity index (χ3v) is 3.70. The smallest absolute Gasteiger partial charge is 0.224 e. The maximum Gasteiger partial charge on any atom is 0.224 e. The molecule has 1 N–H and O–H groups in total. The largest absolute Gasteiger partial charge is 0.493 e. The fraction of sp³-hybridized carbons (Fsp3) is 0.533. The number of amides is 1. The van der Waals surface area contributed by atoms with Crippen molar-refractivity contribution in [1.82, 2.24) is 0 Å². The van der Waals surface area contributed by atoms with Gasteiger partial charge in [0.1, 0.15) is 0 Å². The van der Waals surface area contributed by atoms with Gasteiger partial charge in [0.2, 0.25) is 5.91 Å². The van der Waals surface area contributed by atoms with Gasteiger partial charge in [-0.05, 0) is 18.8 Å². The van der Waals surface area contributed by atoms with Crippen molar-refractivity contribution in [2.24, 2.45) is 5.92 Å². The summed E-state index contributed by atoms with van der Waals surface area (Å²) in [7, 11) is 2.91. The normalized spacial score (nSPS) is 15.2. The molecule has 1 amide bonds. The third kappa shape index (κ3) is 3.40. The molecule has 110 valence electrons. The van der Waals surface area contributed by atoms with E-state index in [1.165, 1.54) is 39.2 Å². The minimum Gasteiger partial charge on any atom is -0.493 e. The summed E-state index contributed by atoms with van der Waals surface area (Å²) in [5.41, 5.74) is 0.130. The van der Waals surface area contributed by atoms with E-state index < -0.39 is 5.82 Å². The van der Waals surface area contributed by atoms with Crippen LogP contribution in [0.5, 0.6) is 11.5 Å². The van der Waals surface area contributed by atoms with Gasteiger partial charge < -0.3 is 14.8 Å². The summed E-state index contributed by atoms with van der Waals surface area (Å²) in [6.07, 6.45) is 4.99. The highest BCUT2D eigenvalue weighted by molar-refractivity contribution is 5.91. The average Bonchev–Trinajstić information content (AvgIpc) is 2.93. The van der Waals surface area contributed by atoms with E-state index in [4.69, 9.17) is 9.47 Å². The van der Waals surface area contributed by atoms with E-state index in [9.17, 15) is 9.18 Å². The number of nitrogens with one attached hydrogen (secondary N) is 1. The number of anilines is 1. The summed E-state index contributed by atoms with van der Waals surface area (Å²) in [4.78, 5) is 11.9. The SMILES string of the molecule is COc1cc(F)c(NC(=O)CC2CCCC2)cc1OC. The third-order valence-electron chi connectivity index (χ3n) is 3.70. The van der Waals surface area contributed by atoms with Gasteiger partial charge in [0, 0.05) is 18.6 Å². The average molecular weight is 281 g/mol. The van der Waals surface area contributed by atoms with Crippen LogP contribution in [-0.4, -0.2) is 20.1 Å². The summed E-state index contributed by atoms with van der Waals surface area (Å²) in [6.45, 7) is 0. The van der Waals surface area contributed by atoms with Crippen molar-refractivity contribution in [3.8, 4) is 11.5 Å². The maximum atomic E-state index is 13.9. The molecule has 0 unspecified atom stereocenters. The Morgan fingerprint density at radius 1 is 1.25 bits per heavy atom. The monoisotopic (exact) mass is 281 g/mol. The molecule has 2 rings (SSSR count). The van der Waals surface area contributed by atoms with E-state index in [1.54, 1.807) is 0 Å². The van der Waals surface area contributed by atoms with Gasteiger partial charge >= 0.3 is 0 Å². The van der Waals surface area contributed by atoms with Crippen LogP contribution in [0.25, 0.3) is 0 Å². The second-order valence-corrected chi connectivity index (χ2v) is 5.09. The fourth-order valence-corrected chi connectivity index (χ4v) is 2.63. The molecule has 1 aliphatic rings. The molecule has 1 saturated carbocycles. The molecule has 0 heterocycles. The van der Waals surface area contributed by atoms with Gasteiger partial charge in [-0.25, -0.2) is 4.39 Å². The molecule has 0 saturated heterocycles. The lowest BCUT2D eigenvalue weighted by Crippen LogP contribution is -2.16. The number of rotatable bonds is 5. The standard InChI is InChI=1S/C15H20FNO3/c1-19-13-8-11(16)12(9-14(13)20-2)17-15(18)7-10-5-3-4-6-10/h8-10H,3-7H2,1-2H3,(H,17,18). The van der Waals surface area contributed by atoms with E-state index >= 15 is 0 Å². The summed E-state index contributed by atoms with van der Waals surface area (Å²) < 4.78 is 24.0. The minimum absolute atomic E-state index is 0.130. The zero-order valence-corrected chi connectivity index (χ0v) is 11.9. The Morgan fingerprint density at radius 3 is 2.45 bits per heavy atom. The maximum absolute atomic E-state index is 13.9. The topological polar surface area (TPSA) is 47.6 Å². The number of ether oxygens (including phenoxy) is 2. The highest BCUT2D eigenvalue weighted by Gasteiger charge is 2.20. The van der Waals surface area contributed by atoms with Crippen LogP contribution in [0.4, 0.5) is 10.1 Å². The predicted molar refractivity (Wildman–Crippen MR) is 74.7 cm³/mol. The van der Waals surface area contributed by atoms with Crippen molar-refractivity contribution in [1.29, 1.82) is 0 Å². The Hall–Kier alpha value is -1.78. The van der Waals surface area contributed by atoms with Gasteiger partial charge in [0.15, 0.2) is 17.3 Å². The van der Waals surface area contributed by atoms with Gasteiger partial charge in [-0.1, -0.05) is 12.8 Å². The van der Waals surface area contributed by atoms with Crippen LogP contribution in [0.2, 0.25) is 0 Å². The number of hydrogen-bond acceptors (Lipinski definition) is 3. The Labute approximate surface area is 118 Å². The highest BCUT2D eigenvalue weighted by atomic mass is 19.1. The van der Waals surface area contributed by atoms with Crippen LogP contribution in [0.1, 0.15) is 32.1 Å². The molecule has 0 spiro atoms. The van der Waals surface area contributed by atoms with Crippen LogP contribution >= 0.6 is 0 Å². The van der Waals surface area contributed by atoms with Crippen molar-refractivity contribution in [3.63, 3.8) is 0 Å². The van der Waals surface area contributed by atoms with Crippen LogP contribution in [0.15, 0.2) is 12.1 Å². The van der Waals surface area contributed by atoms with Crippen molar-refractivity contribution in [2.75, 3.05) is 19.5 Å². The van der Waals surface area contributed by atoms with E-state index in [0.717, 1.165) is 12.8 Å². The molecule has 5 heteroatoms. The quantitative estimate of drug-likeness (QED) is 0.900. The zero-order chi connectivity index (χ0) is 14.5. The van der Waals surface area contributed by atoms with Gasteiger partial charge in [-0.3, -0.25) is 4.79 Å². The Balaban J connectivity index is 2.06. The summed E-state index contributed by atoms with van der Waals surface area (Å²) in [5.74, 6) is 0.451. The van der Waals surface area contributed by atoms with Crippen LogP contribution in [0.3, 0.4) is 0 Å². The molecule has 1 aromatic rings. The van der Waals surface area contributed by atoms with E-state index in [2.05, 4.69) is 5.32 Å². The molecule has 1 aliphatic carbocycles. The lowest BCUT2D eigenvalue weighted by molar-refractivity contribution is -0.117. The van der Waals surface area contributed by atoms with E-state index in [0.29, 0.717) is 23.8 Å². The first-order chi connectivity index (χ1) is 9.63. The van der Waals surface area contributed by atoms with Gasteiger partial charge in [-0.15, -0.1) is 0 Å². The van der Waals surface area contributed by atoms with Crippen molar-refractivity contribution in [2.45, 2.75) is 32.1 Å². The highest BCUT2D eigenvalue weighted by Crippen LogP contribution is 2.33. The molecule has 1 fully saturated rings. The molecular weight excluding hydrogens is 261 g/mol. The van der Waals surface area contributed by atoms with Gasteiger partial charge in [0.05, 0.1) is 19.9 Å². The Bertz CT molecular complexity index is 484.